The fourth-order valence-corrected chi connectivity index (χ4v) is 3.09. The fraction of sp³-hybridized carbons (Fsp3) is 0.500. The van der Waals surface area contributed by atoms with Crippen molar-refractivity contribution in [3.63, 3.8) is 0 Å². The monoisotopic (exact) mass is 428 g/mol. The van der Waals surface area contributed by atoms with E-state index in [0.717, 1.165) is 11.3 Å². The first-order chi connectivity index (χ1) is 14.5. The van der Waals surface area contributed by atoms with Crippen LogP contribution in [0, 0.1) is 0 Å². The number of ketones is 1. The molecule has 31 heavy (non-hydrogen) atoms. The fourth-order valence-electron chi connectivity index (χ4n) is 3.09. The van der Waals surface area contributed by atoms with Crippen molar-refractivity contribution in [1.29, 1.82) is 0 Å². The van der Waals surface area contributed by atoms with Gasteiger partial charge >= 0.3 is 0 Å². The molecule has 0 aromatic heterocycles. The molecule has 0 aliphatic rings. The number of rotatable bonds is 11. The zero-order valence-corrected chi connectivity index (χ0v) is 20.0. The number of carbonyl (C=O) groups is 1. The highest BCUT2D eigenvalue weighted by molar-refractivity contribution is 6.00. The smallest absolute Gasteiger partial charge is 0.171 e. The Morgan fingerprint density at radius 1 is 0.645 bits per heavy atom. The SMILES string of the molecule is CC(C)Oc1ccc(CC(=O)c2ccc(OC(C)C)cc2OC(C)C)c(OC(C)C)c1. The van der Waals surface area contributed by atoms with Crippen molar-refractivity contribution in [1.82, 2.24) is 0 Å². The molecule has 0 saturated heterocycles. The summed E-state index contributed by atoms with van der Waals surface area (Å²) in [7, 11) is 0. The molecule has 5 heteroatoms. The molecule has 0 saturated carbocycles. The first-order valence-corrected chi connectivity index (χ1v) is 11.0. The Balaban J connectivity index is 2.34. The molecular weight excluding hydrogens is 392 g/mol. The van der Waals surface area contributed by atoms with Crippen LogP contribution in [0.3, 0.4) is 0 Å². The van der Waals surface area contributed by atoms with Crippen molar-refractivity contribution < 1.29 is 23.7 Å². The van der Waals surface area contributed by atoms with E-state index in [9.17, 15) is 4.79 Å². The van der Waals surface area contributed by atoms with E-state index in [1.807, 2.05) is 79.7 Å². The Hall–Kier alpha value is -2.69. The molecule has 170 valence electrons. The first-order valence-electron chi connectivity index (χ1n) is 11.0. The third-order valence-electron chi connectivity index (χ3n) is 4.11. The molecule has 0 spiro atoms. The average molecular weight is 429 g/mol. The maximum atomic E-state index is 13.2. The van der Waals surface area contributed by atoms with Crippen LogP contribution < -0.4 is 18.9 Å². The molecule has 0 heterocycles. The molecule has 0 fully saturated rings. The van der Waals surface area contributed by atoms with Gasteiger partial charge in [-0.3, -0.25) is 4.79 Å². The van der Waals surface area contributed by atoms with Crippen LogP contribution in [0.5, 0.6) is 23.0 Å². The quantitative estimate of drug-likeness (QED) is 0.395. The summed E-state index contributed by atoms with van der Waals surface area (Å²) in [5.74, 6) is 2.55. The van der Waals surface area contributed by atoms with Crippen molar-refractivity contribution in [2.24, 2.45) is 0 Å². The van der Waals surface area contributed by atoms with Crippen molar-refractivity contribution >= 4 is 5.78 Å². The van der Waals surface area contributed by atoms with Crippen molar-refractivity contribution in [3.8, 4) is 23.0 Å². The van der Waals surface area contributed by atoms with E-state index in [1.54, 1.807) is 12.1 Å². The second kappa shape index (κ2) is 11.1. The molecule has 0 bridgehead atoms. The van der Waals surface area contributed by atoms with E-state index in [-0.39, 0.29) is 36.6 Å². The normalized spacial score (nSPS) is 11.4. The zero-order valence-electron chi connectivity index (χ0n) is 20.0. The minimum atomic E-state index is -0.0619. The molecule has 2 aromatic carbocycles. The van der Waals surface area contributed by atoms with Gasteiger partial charge in [0.1, 0.15) is 23.0 Å². The van der Waals surface area contributed by atoms with Gasteiger partial charge in [0.05, 0.1) is 30.0 Å². The molecule has 0 aliphatic heterocycles. The van der Waals surface area contributed by atoms with Crippen molar-refractivity contribution in [2.45, 2.75) is 86.2 Å². The van der Waals surface area contributed by atoms with Crippen LogP contribution >= 0.6 is 0 Å². The highest BCUT2D eigenvalue weighted by Crippen LogP contribution is 2.31. The molecule has 2 aromatic rings. The number of ether oxygens (including phenoxy) is 4. The minimum absolute atomic E-state index is 0.0181. The second-order valence-corrected chi connectivity index (χ2v) is 8.69. The van der Waals surface area contributed by atoms with Gasteiger partial charge in [0.15, 0.2) is 5.78 Å². The summed E-state index contributed by atoms with van der Waals surface area (Å²) in [5, 5.41) is 0. The number of Topliss-reactive ketones (excluding diaryl/α,β-unsaturated/α-hetero) is 1. The summed E-state index contributed by atoms with van der Waals surface area (Å²) in [6.07, 6.45) is 0.212. The van der Waals surface area contributed by atoms with E-state index in [1.165, 1.54) is 0 Å². The maximum absolute atomic E-state index is 13.2. The lowest BCUT2D eigenvalue weighted by molar-refractivity contribution is 0.0985. The van der Waals surface area contributed by atoms with Gasteiger partial charge in [0.2, 0.25) is 0 Å². The van der Waals surface area contributed by atoms with Gasteiger partial charge in [-0.15, -0.1) is 0 Å². The van der Waals surface area contributed by atoms with Gasteiger partial charge in [0.25, 0.3) is 0 Å². The summed E-state index contributed by atoms with van der Waals surface area (Å²) < 4.78 is 23.5. The number of benzene rings is 2. The largest absolute Gasteiger partial charge is 0.491 e. The van der Waals surface area contributed by atoms with Crippen LogP contribution in [0.25, 0.3) is 0 Å². The molecule has 0 N–H and O–H groups in total. The lowest BCUT2D eigenvalue weighted by atomic mass is 10.0. The van der Waals surface area contributed by atoms with E-state index in [4.69, 9.17) is 18.9 Å². The van der Waals surface area contributed by atoms with Gasteiger partial charge < -0.3 is 18.9 Å². The van der Waals surface area contributed by atoms with E-state index < -0.39 is 0 Å². The Labute approximate surface area is 186 Å². The second-order valence-electron chi connectivity index (χ2n) is 8.69. The Morgan fingerprint density at radius 2 is 1.10 bits per heavy atom. The van der Waals surface area contributed by atoms with Gasteiger partial charge in [-0.05, 0) is 73.6 Å². The van der Waals surface area contributed by atoms with E-state index in [0.29, 0.717) is 22.8 Å². The lowest BCUT2D eigenvalue weighted by Gasteiger charge is -2.18. The first kappa shape index (κ1) is 24.6. The topological polar surface area (TPSA) is 54.0 Å². The number of hydrogen-bond acceptors (Lipinski definition) is 5. The zero-order chi connectivity index (χ0) is 23.1. The van der Waals surface area contributed by atoms with Crippen molar-refractivity contribution in [2.75, 3.05) is 0 Å². The summed E-state index contributed by atoms with van der Waals surface area (Å²) >= 11 is 0. The minimum Gasteiger partial charge on any atom is -0.491 e. The van der Waals surface area contributed by atoms with Gasteiger partial charge in [-0.2, -0.15) is 0 Å². The predicted octanol–water partition coefficient (Wildman–Crippen LogP) is 6.26. The van der Waals surface area contributed by atoms with E-state index in [2.05, 4.69) is 0 Å². The van der Waals surface area contributed by atoms with Crippen LogP contribution in [0.15, 0.2) is 36.4 Å². The summed E-state index contributed by atoms with van der Waals surface area (Å²) in [6, 6.07) is 11.0. The molecular formula is C26H36O5. The summed E-state index contributed by atoms with van der Waals surface area (Å²) in [6.45, 7) is 15.7. The Morgan fingerprint density at radius 3 is 1.61 bits per heavy atom. The summed E-state index contributed by atoms with van der Waals surface area (Å²) in [5.41, 5.74) is 1.34. The molecule has 0 amide bonds. The van der Waals surface area contributed by atoms with Crippen molar-refractivity contribution in [3.05, 3.63) is 47.5 Å². The molecule has 0 atom stereocenters. The maximum Gasteiger partial charge on any atom is 0.171 e. The molecule has 0 radical (unpaired) electrons. The third kappa shape index (κ3) is 7.82. The molecule has 2 rings (SSSR count). The highest BCUT2D eigenvalue weighted by Gasteiger charge is 2.19. The standard InChI is InChI=1S/C26H36O5/c1-16(2)28-21-10-9-20(25(14-21)30-18(5)6)13-24(27)23-12-11-22(29-17(3)4)15-26(23)31-19(7)8/h9-12,14-19H,13H2,1-8H3. The molecule has 0 aliphatic carbocycles. The van der Waals surface area contributed by atoms with Crippen LogP contribution in [0.4, 0.5) is 0 Å². The average Bonchev–Trinajstić information content (AvgIpc) is 2.62. The Bertz CT molecular complexity index is 868. The van der Waals surface area contributed by atoms with Crippen LogP contribution in [-0.4, -0.2) is 30.2 Å². The van der Waals surface area contributed by atoms with Gasteiger partial charge in [0, 0.05) is 24.1 Å². The van der Waals surface area contributed by atoms with Gasteiger partial charge in [-0.1, -0.05) is 6.07 Å². The summed E-state index contributed by atoms with van der Waals surface area (Å²) in [4.78, 5) is 13.2. The number of hydrogen-bond donors (Lipinski definition) is 0. The Kier molecular flexibility index (Phi) is 8.78. The number of carbonyl (C=O) groups excluding carboxylic acids is 1. The molecule has 5 nitrogen and oxygen atoms in total. The third-order valence-corrected chi connectivity index (χ3v) is 4.11. The van der Waals surface area contributed by atoms with Gasteiger partial charge in [-0.25, -0.2) is 0 Å². The lowest BCUT2D eigenvalue weighted by Crippen LogP contribution is -2.14. The highest BCUT2D eigenvalue weighted by atomic mass is 16.5. The van der Waals surface area contributed by atoms with E-state index >= 15 is 0 Å². The van der Waals surface area contributed by atoms with Crippen LogP contribution in [0.1, 0.15) is 71.3 Å². The van der Waals surface area contributed by atoms with Crippen LogP contribution in [-0.2, 0) is 6.42 Å². The molecule has 0 unspecified atom stereocenters. The predicted molar refractivity (Wildman–Crippen MR) is 124 cm³/mol. The van der Waals surface area contributed by atoms with Crippen LogP contribution in [0.2, 0.25) is 0 Å².